The Labute approximate surface area is 317 Å². The zero-order valence-electron chi connectivity index (χ0n) is 31.3. The molecule has 0 aromatic heterocycles. The van der Waals surface area contributed by atoms with Crippen molar-refractivity contribution in [2.45, 2.75) is 90.3 Å². The van der Waals surface area contributed by atoms with Gasteiger partial charge < -0.3 is 35.3 Å². The summed E-state index contributed by atoms with van der Waals surface area (Å²) in [5.74, 6) is -3.23. The van der Waals surface area contributed by atoms with Crippen LogP contribution in [-0.2, 0) is 56.4 Å². The number of phenols is 1. The normalized spacial score (nSPS) is 15.2. The van der Waals surface area contributed by atoms with Gasteiger partial charge in [-0.1, -0.05) is 55.3 Å². The Morgan fingerprint density at radius 2 is 1.46 bits per heavy atom. The Kier molecular flexibility index (Phi) is 17.7. The first-order valence-corrected chi connectivity index (χ1v) is 20.3. The summed E-state index contributed by atoms with van der Waals surface area (Å²) in [6.07, 6.45) is 3.65. The van der Waals surface area contributed by atoms with Crippen LogP contribution < -0.4 is 20.7 Å². The van der Waals surface area contributed by atoms with Gasteiger partial charge in [0.2, 0.25) is 21.8 Å². The zero-order chi connectivity index (χ0) is 39.6. The highest BCUT2D eigenvalue weighted by atomic mass is 32.2. The highest BCUT2D eigenvalue weighted by Crippen LogP contribution is 2.44. The molecule has 0 aliphatic heterocycles. The number of phenolic OH excluding ortho intramolecular Hbond substituents is 1. The van der Waals surface area contributed by atoms with E-state index in [1.165, 1.54) is 12.1 Å². The Bertz CT molecular complexity index is 1630. The summed E-state index contributed by atoms with van der Waals surface area (Å²) in [4.78, 5) is 65.7. The molecule has 3 atom stereocenters. The van der Waals surface area contributed by atoms with E-state index in [0.29, 0.717) is 44.1 Å². The lowest BCUT2D eigenvalue weighted by Crippen LogP contribution is -2.51. The van der Waals surface area contributed by atoms with Crippen LogP contribution in [0.15, 0.2) is 54.6 Å². The number of esters is 2. The fourth-order valence-corrected chi connectivity index (χ4v) is 7.19. The van der Waals surface area contributed by atoms with Gasteiger partial charge in [0.1, 0.15) is 24.4 Å². The van der Waals surface area contributed by atoms with Crippen molar-refractivity contribution in [3.05, 3.63) is 65.7 Å². The minimum Gasteiger partial charge on any atom is -0.508 e. The number of sulfonamides is 1. The Morgan fingerprint density at radius 1 is 0.815 bits per heavy atom. The quantitative estimate of drug-likeness (QED) is 0.0665. The van der Waals surface area contributed by atoms with Gasteiger partial charge in [-0.3, -0.25) is 14.4 Å². The minimum atomic E-state index is -3.80. The van der Waals surface area contributed by atoms with Crippen LogP contribution in [0.3, 0.4) is 0 Å². The van der Waals surface area contributed by atoms with Gasteiger partial charge in [0.25, 0.3) is 0 Å². The van der Waals surface area contributed by atoms with E-state index < -0.39 is 63.3 Å². The van der Waals surface area contributed by atoms with Crippen molar-refractivity contribution < 1.29 is 51.7 Å². The van der Waals surface area contributed by atoms with Crippen molar-refractivity contribution in [3.63, 3.8) is 0 Å². The number of hydrogen-bond acceptors (Lipinski definition) is 11. The Morgan fingerprint density at radius 3 is 2.09 bits per heavy atom. The van der Waals surface area contributed by atoms with Crippen LogP contribution in [-0.4, -0.2) is 88.0 Å². The predicted octanol–water partition coefficient (Wildman–Crippen LogP) is 3.24. The van der Waals surface area contributed by atoms with E-state index in [1.807, 2.05) is 30.3 Å². The molecule has 3 rings (SSSR count). The van der Waals surface area contributed by atoms with Gasteiger partial charge in [-0.25, -0.2) is 22.7 Å². The van der Waals surface area contributed by atoms with Crippen LogP contribution >= 0.6 is 0 Å². The lowest BCUT2D eigenvalue weighted by atomic mass is 9.76. The number of alkyl carbamates (subject to hydrolysis) is 1. The van der Waals surface area contributed by atoms with E-state index in [4.69, 9.17) is 14.2 Å². The summed E-state index contributed by atoms with van der Waals surface area (Å²) in [5, 5.41) is 17.9. The van der Waals surface area contributed by atoms with E-state index in [9.17, 15) is 37.5 Å². The van der Waals surface area contributed by atoms with E-state index in [-0.39, 0.29) is 57.9 Å². The van der Waals surface area contributed by atoms with Gasteiger partial charge in [0.05, 0.1) is 30.8 Å². The molecule has 0 heterocycles. The first kappa shape index (κ1) is 43.7. The molecule has 1 aliphatic rings. The highest BCUT2D eigenvalue weighted by molar-refractivity contribution is 7.88. The largest absolute Gasteiger partial charge is 0.508 e. The number of rotatable bonds is 22. The summed E-state index contributed by atoms with van der Waals surface area (Å²) in [5.41, 5.74) is 0.472. The summed E-state index contributed by atoms with van der Waals surface area (Å²) < 4.78 is 42.5. The van der Waals surface area contributed by atoms with Gasteiger partial charge >= 0.3 is 18.0 Å². The number of carbonyl (C=O) groups excluding carboxylic acids is 5. The van der Waals surface area contributed by atoms with Crippen molar-refractivity contribution in [2.75, 3.05) is 32.6 Å². The van der Waals surface area contributed by atoms with Gasteiger partial charge in [0, 0.05) is 19.5 Å². The lowest BCUT2D eigenvalue weighted by Gasteiger charge is -2.33. The number of benzene rings is 2. The minimum absolute atomic E-state index is 0.0168. The molecule has 298 valence electrons. The number of amides is 3. The molecule has 0 bridgehead atoms. The van der Waals surface area contributed by atoms with Gasteiger partial charge in [0.15, 0.2) is 0 Å². The molecule has 54 heavy (non-hydrogen) atoms. The van der Waals surface area contributed by atoms with E-state index in [0.717, 1.165) is 11.8 Å². The molecule has 1 aliphatic carbocycles. The molecular weight excluding hydrogens is 721 g/mol. The molecule has 1 unspecified atom stereocenters. The standard InChI is InChI=1S/C38H54N4O11S/c1-4-51-34(45)29(24-38(20-10-11-21-38)36(47)41-32(35(46)52-5-2)23-27-16-18-30(43)19-17-27)25-40-33(44)31(42-54(3,49)50)15-9-12-22-39-37(48)53-26-28-13-7-6-8-14-28/h6-8,13-14,16-19,29,31-32,42-43H,4-5,9-12,15,20-26H2,1-3H3,(H,39,48)(H,40,44)(H,41,47)/t29?,31-,32-/m0/s1. The van der Waals surface area contributed by atoms with Crippen molar-refractivity contribution >= 4 is 39.9 Å². The van der Waals surface area contributed by atoms with Crippen molar-refractivity contribution in [1.29, 1.82) is 0 Å². The van der Waals surface area contributed by atoms with Crippen molar-refractivity contribution in [3.8, 4) is 5.75 Å². The number of unbranched alkanes of at least 4 members (excludes halogenated alkanes) is 1. The van der Waals surface area contributed by atoms with Crippen LogP contribution in [0.5, 0.6) is 5.75 Å². The second-order valence-electron chi connectivity index (χ2n) is 13.5. The second-order valence-corrected chi connectivity index (χ2v) is 15.2. The monoisotopic (exact) mass is 774 g/mol. The third-order valence-corrected chi connectivity index (χ3v) is 9.86. The van der Waals surface area contributed by atoms with Gasteiger partial charge in [-0.05, 0) is 75.6 Å². The molecule has 1 fully saturated rings. The molecule has 5 N–H and O–H groups in total. The van der Waals surface area contributed by atoms with Crippen LogP contribution in [0.1, 0.15) is 76.3 Å². The van der Waals surface area contributed by atoms with Crippen molar-refractivity contribution in [2.24, 2.45) is 11.3 Å². The molecule has 0 spiro atoms. The van der Waals surface area contributed by atoms with Crippen LogP contribution in [0.2, 0.25) is 0 Å². The van der Waals surface area contributed by atoms with Gasteiger partial charge in [-0.2, -0.15) is 0 Å². The molecule has 3 amide bonds. The SMILES string of the molecule is CCOC(=O)C(CNC(=O)[C@H](CCCCNC(=O)OCc1ccccc1)NS(C)(=O)=O)CC1(C(=O)N[C@@H](Cc2ccc(O)cc2)C(=O)OCC)CCCC1. The molecular formula is C38H54N4O11S. The maximum atomic E-state index is 14.1. The maximum absolute atomic E-state index is 14.1. The molecule has 16 heteroatoms. The summed E-state index contributed by atoms with van der Waals surface area (Å²) in [6, 6.07) is 13.2. The molecule has 2 aromatic carbocycles. The fraction of sp³-hybridized carbons (Fsp3) is 0.553. The first-order valence-electron chi connectivity index (χ1n) is 18.4. The van der Waals surface area contributed by atoms with Crippen molar-refractivity contribution in [1.82, 2.24) is 20.7 Å². The second kappa shape index (κ2) is 21.9. The first-order chi connectivity index (χ1) is 25.7. The van der Waals surface area contributed by atoms with E-state index in [1.54, 1.807) is 26.0 Å². The number of aromatic hydroxyl groups is 1. The topological polar surface area (TPSA) is 216 Å². The van der Waals surface area contributed by atoms with Gasteiger partial charge in [-0.15, -0.1) is 0 Å². The molecule has 15 nitrogen and oxygen atoms in total. The summed E-state index contributed by atoms with van der Waals surface area (Å²) in [6.45, 7) is 3.59. The molecule has 1 saturated carbocycles. The van der Waals surface area contributed by atoms with Crippen LogP contribution in [0.4, 0.5) is 4.79 Å². The average molecular weight is 775 g/mol. The van der Waals surface area contributed by atoms with E-state index in [2.05, 4.69) is 20.7 Å². The Hall–Kier alpha value is -4.70. The number of carbonyl (C=O) groups is 5. The fourth-order valence-electron chi connectivity index (χ4n) is 6.45. The maximum Gasteiger partial charge on any atom is 0.407 e. The molecule has 0 saturated heterocycles. The molecule has 0 radical (unpaired) electrons. The molecule has 2 aromatic rings. The average Bonchev–Trinajstić information content (AvgIpc) is 3.62. The summed E-state index contributed by atoms with van der Waals surface area (Å²) >= 11 is 0. The zero-order valence-corrected chi connectivity index (χ0v) is 32.1. The predicted molar refractivity (Wildman–Crippen MR) is 199 cm³/mol. The highest BCUT2D eigenvalue weighted by Gasteiger charge is 2.45. The number of nitrogens with one attached hydrogen (secondary N) is 4. The lowest BCUT2D eigenvalue weighted by molar-refractivity contribution is -0.152. The number of ether oxygens (including phenoxy) is 3. The van der Waals surface area contributed by atoms with E-state index >= 15 is 0 Å². The third-order valence-electron chi connectivity index (χ3n) is 9.15. The van der Waals surface area contributed by atoms with Crippen LogP contribution in [0, 0.1) is 11.3 Å². The third kappa shape index (κ3) is 15.0. The number of hydrogen-bond donors (Lipinski definition) is 5. The van der Waals surface area contributed by atoms with Crippen LogP contribution in [0.25, 0.3) is 0 Å². The smallest absolute Gasteiger partial charge is 0.407 e. The summed E-state index contributed by atoms with van der Waals surface area (Å²) in [7, 11) is -3.80. The Balaban J connectivity index is 1.64.